The Bertz CT molecular complexity index is 515. The van der Waals surface area contributed by atoms with Crippen LogP contribution >= 0.6 is 0 Å². The van der Waals surface area contributed by atoms with E-state index in [1.165, 1.54) is 5.56 Å². The number of ether oxygens (including phenoxy) is 2. The minimum absolute atomic E-state index is 0.0468. The second-order valence-electron chi connectivity index (χ2n) is 5.18. The van der Waals surface area contributed by atoms with Gasteiger partial charge in [0.1, 0.15) is 5.75 Å². The van der Waals surface area contributed by atoms with Crippen LogP contribution in [0.15, 0.2) is 12.1 Å². The van der Waals surface area contributed by atoms with Crippen LogP contribution in [-0.4, -0.2) is 35.9 Å². The summed E-state index contributed by atoms with van der Waals surface area (Å²) >= 11 is 0. The van der Waals surface area contributed by atoms with Crippen molar-refractivity contribution in [1.82, 2.24) is 4.90 Å². The van der Waals surface area contributed by atoms with Crippen LogP contribution in [0.3, 0.4) is 0 Å². The summed E-state index contributed by atoms with van der Waals surface area (Å²) in [5, 5.41) is 9.42. The third-order valence-electron chi connectivity index (χ3n) is 3.98. The Labute approximate surface area is 125 Å². The van der Waals surface area contributed by atoms with Gasteiger partial charge in [-0.2, -0.15) is 0 Å². The third kappa shape index (κ3) is 3.13. The molecule has 0 saturated carbocycles. The van der Waals surface area contributed by atoms with E-state index in [-0.39, 0.29) is 18.7 Å². The fourth-order valence-electron chi connectivity index (χ4n) is 2.83. The molecule has 1 heterocycles. The number of aliphatic hydroxyl groups excluding tert-OH is 1. The number of nitrogens with zero attached hydrogens (tertiary/aromatic N) is 1. The first-order valence-electron chi connectivity index (χ1n) is 7.37. The first-order valence-corrected chi connectivity index (χ1v) is 7.37. The van der Waals surface area contributed by atoms with Crippen LogP contribution < -0.4 is 4.74 Å². The van der Waals surface area contributed by atoms with E-state index in [2.05, 4.69) is 6.92 Å². The fourth-order valence-corrected chi connectivity index (χ4v) is 2.83. The lowest BCUT2D eigenvalue weighted by molar-refractivity contribution is 0.0813. The average Bonchev–Trinajstić information content (AvgIpc) is 2.52. The Morgan fingerprint density at radius 1 is 1.38 bits per heavy atom. The summed E-state index contributed by atoms with van der Waals surface area (Å²) in [7, 11) is 1.58. The highest BCUT2D eigenvalue weighted by atomic mass is 16.6. The maximum Gasteiger partial charge on any atom is 0.410 e. The number of carbonyl (C=O) groups excluding carboxylic acids is 1. The number of carbonyl (C=O) groups is 1. The molecule has 1 atom stereocenters. The molecule has 1 N–H and O–H groups in total. The second kappa shape index (κ2) is 6.80. The molecule has 0 saturated heterocycles. The number of fused-ring (bicyclic) bond motifs is 1. The third-order valence-corrected chi connectivity index (χ3v) is 3.98. The quantitative estimate of drug-likeness (QED) is 0.926. The Morgan fingerprint density at radius 3 is 2.71 bits per heavy atom. The Hall–Kier alpha value is -1.75. The molecule has 2 rings (SSSR count). The zero-order valence-electron chi connectivity index (χ0n) is 12.9. The second-order valence-corrected chi connectivity index (χ2v) is 5.18. The predicted molar refractivity (Wildman–Crippen MR) is 79.3 cm³/mol. The molecule has 0 aromatic heterocycles. The van der Waals surface area contributed by atoms with Crippen molar-refractivity contribution in [3.05, 3.63) is 28.8 Å². The standard InChI is InChI=1S/C16H23NO4/c1-4-14-7-11-6-13(10-18)15(20-3)8-12(11)9-17(14)16(19)21-5-2/h6,8,14,18H,4-5,7,9-10H2,1-3H3. The van der Waals surface area contributed by atoms with Gasteiger partial charge in [0.25, 0.3) is 0 Å². The van der Waals surface area contributed by atoms with Crippen molar-refractivity contribution < 1.29 is 19.4 Å². The molecule has 21 heavy (non-hydrogen) atoms. The average molecular weight is 293 g/mol. The van der Waals surface area contributed by atoms with Crippen LogP contribution in [0.1, 0.15) is 37.0 Å². The van der Waals surface area contributed by atoms with Crippen LogP contribution in [0.4, 0.5) is 4.79 Å². The van der Waals surface area contributed by atoms with Gasteiger partial charge in [0.2, 0.25) is 0 Å². The number of rotatable bonds is 4. The Balaban J connectivity index is 2.33. The van der Waals surface area contributed by atoms with Crippen LogP contribution in [0.25, 0.3) is 0 Å². The van der Waals surface area contributed by atoms with Gasteiger partial charge in [-0.25, -0.2) is 4.79 Å². The fraction of sp³-hybridized carbons (Fsp3) is 0.562. The Kier molecular flexibility index (Phi) is 5.07. The molecular formula is C16H23NO4. The molecule has 1 aromatic carbocycles. The minimum atomic E-state index is -0.264. The van der Waals surface area contributed by atoms with Gasteiger partial charge in [0, 0.05) is 18.2 Å². The molecule has 116 valence electrons. The van der Waals surface area contributed by atoms with E-state index in [0.717, 1.165) is 24.0 Å². The Morgan fingerprint density at radius 2 is 2.14 bits per heavy atom. The van der Waals surface area contributed by atoms with Crippen LogP contribution in [0.5, 0.6) is 5.75 Å². The number of amides is 1. The molecule has 0 fully saturated rings. The zero-order valence-corrected chi connectivity index (χ0v) is 12.9. The van der Waals surface area contributed by atoms with Crippen LogP contribution in [0, 0.1) is 0 Å². The van der Waals surface area contributed by atoms with Crippen LogP contribution in [0.2, 0.25) is 0 Å². The maximum absolute atomic E-state index is 12.1. The normalized spacial score (nSPS) is 17.3. The van der Waals surface area contributed by atoms with E-state index in [0.29, 0.717) is 18.9 Å². The van der Waals surface area contributed by atoms with Crippen molar-refractivity contribution in [1.29, 1.82) is 0 Å². The first-order chi connectivity index (χ1) is 10.1. The molecule has 1 aliphatic rings. The number of methoxy groups -OCH3 is 1. The molecule has 1 amide bonds. The summed E-state index contributed by atoms with van der Waals surface area (Å²) < 4.78 is 10.4. The van der Waals surface area contributed by atoms with Gasteiger partial charge < -0.3 is 19.5 Å². The molecule has 0 bridgehead atoms. The van der Waals surface area contributed by atoms with E-state index >= 15 is 0 Å². The van der Waals surface area contributed by atoms with Crippen molar-refractivity contribution in [3.63, 3.8) is 0 Å². The van der Waals surface area contributed by atoms with E-state index in [1.54, 1.807) is 12.0 Å². The molecule has 0 spiro atoms. The molecule has 5 nitrogen and oxygen atoms in total. The van der Waals surface area contributed by atoms with Crippen molar-refractivity contribution in [2.75, 3.05) is 13.7 Å². The largest absolute Gasteiger partial charge is 0.496 e. The predicted octanol–water partition coefficient (Wildman–Crippen LogP) is 2.48. The highest BCUT2D eigenvalue weighted by Crippen LogP contribution is 2.31. The SMILES string of the molecule is CCOC(=O)N1Cc2cc(OC)c(CO)cc2CC1CC. The van der Waals surface area contributed by atoms with Crippen molar-refractivity contribution in [2.45, 2.75) is 45.9 Å². The molecule has 5 heteroatoms. The van der Waals surface area contributed by atoms with Gasteiger partial charge in [-0.1, -0.05) is 6.92 Å². The lowest BCUT2D eigenvalue weighted by Crippen LogP contribution is -2.44. The summed E-state index contributed by atoms with van der Waals surface area (Å²) in [6.45, 7) is 4.74. The summed E-state index contributed by atoms with van der Waals surface area (Å²) in [5.41, 5.74) is 3.02. The van der Waals surface area contributed by atoms with Crippen molar-refractivity contribution in [3.8, 4) is 5.75 Å². The molecule has 0 aliphatic carbocycles. The smallest absolute Gasteiger partial charge is 0.410 e. The van der Waals surface area contributed by atoms with Gasteiger partial charge in [-0.3, -0.25) is 0 Å². The zero-order chi connectivity index (χ0) is 15.4. The van der Waals surface area contributed by atoms with Crippen molar-refractivity contribution in [2.24, 2.45) is 0 Å². The number of benzene rings is 1. The molecule has 1 aliphatic heterocycles. The highest BCUT2D eigenvalue weighted by Gasteiger charge is 2.30. The van der Waals surface area contributed by atoms with Gasteiger partial charge in [0.15, 0.2) is 0 Å². The monoisotopic (exact) mass is 293 g/mol. The van der Waals surface area contributed by atoms with E-state index < -0.39 is 0 Å². The number of aliphatic hydroxyl groups is 1. The van der Waals surface area contributed by atoms with Gasteiger partial charge >= 0.3 is 6.09 Å². The summed E-state index contributed by atoms with van der Waals surface area (Å²) in [6.07, 6.45) is 1.39. The maximum atomic E-state index is 12.1. The lowest BCUT2D eigenvalue weighted by atomic mass is 9.91. The van der Waals surface area contributed by atoms with Gasteiger partial charge in [0.05, 0.1) is 20.3 Å². The molecule has 0 radical (unpaired) electrons. The van der Waals surface area contributed by atoms with E-state index in [1.807, 2.05) is 19.1 Å². The van der Waals surface area contributed by atoms with Gasteiger partial charge in [-0.05, 0) is 43.0 Å². The van der Waals surface area contributed by atoms with E-state index in [4.69, 9.17) is 9.47 Å². The van der Waals surface area contributed by atoms with Crippen molar-refractivity contribution >= 4 is 6.09 Å². The topological polar surface area (TPSA) is 59.0 Å². The molecular weight excluding hydrogens is 270 g/mol. The summed E-state index contributed by atoms with van der Waals surface area (Å²) in [6, 6.07) is 4.04. The van der Waals surface area contributed by atoms with E-state index in [9.17, 15) is 9.90 Å². The number of hydrogen-bond acceptors (Lipinski definition) is 4. The summed E-state index contributed by atoms with van der Waals surface area (Å²) in [5.74, 6) is 0.662. The molecule has 1 unspecified atom stereocenters. The minimum Gasteiger partial charge on any atom is -0.496 e. The first kappa shape index (κ1) is 15.6. The lowest BCUT2D eigenvalue weighted by Gasteiger charge is -2.36. The highest BCUT2D eigenvalue weighted by molar-refractivity contribution is 5.69. The van der Waals surface area contributed by atoms with Crippen LogP contribution in [-0.2, 0) is 24.3 Å². The van der Waals surface area contributed by atoms with Gasteiger partial charge in [-0.15, -0.1) is 0 Å². The summed E-state index contributed by atoms with van der Waals surface area (Å²) in [4.78, 5) is 13.9. The number of hydrogen-bond donors (Lipinski definition) is 1. The molecule has 1 aromatic rings.